The summed E-state index contributed by atoms with van der Waals surface area (Å²) in [5, 5.41) is 0. The molecule has 2 atom stereocenters. The fourth-order valence-electron chi connectivity index (χ4n) is 3.94. The van der Waals surface area contributed by atoms with Crippen LogP contribution in [0.1, 0.15) is 111 Å². The molecule has 1 rings (SSSR count). The van der Waals surface area contributed by atoms with Gasteiger partial charge in [-0.15, -0.1) is 0 Å². The second-order valence-electron chi connectivity index (χ2n) is 8.35. The lowest BCUT2D eigenvalue weighted by atomic mass is 9.67. The molecule has 27 heavy (non-hydrogen) atoms. The molecule has 0 aromatic heterocycles. The molecule has 0 amide bonds. The molecule has 1 saturated carbocycles. The number of hydrogen-bond donors (Lipinski definition) is 0. The molecule has 0 aliphatic heterocycles. The Bertz CT molecular complexity index is 421. The van der Waals surface area contributed by atoms with Gasteiger partial charge in [-0.2, -0.15) is 0 Å². The smallest absolute Gasteiger partial charge is 0.312 e. The first-order valence-corrected chi connectivity index (χ1v) is 11.4. The molecule has 0 bridgehead atoms. The van der Waals surface area contributed by atoms with E-state index in [1.54, 1.807) is 0 Å². The Morgan fingerprint density at radius 2 is 1.41 bits per heavy atom. The van der Waals surface area contributed by atoms with E-state index in [1.165, 1.54) is 38.5 Å². The highest BCUT2D eigenvalue weighted by molar-refractivity contribution is 5.85. The zero-order valence-electron chi connectivity index (χ0n) is 18.0. The normalized spacial score (nSPS) is 22.4. The van der Waals surface area contributed by atoms with Crippen molar-refractivity contribution in [1.82, 2.24) is 0 Å². The Balaban J connectivity index is 2.32. The van der Waals surface area contributed by atoms with Crippen molar-refractivity contribution in [3.8, 4) is 0 Å². The van der Waals surface area contributed by atoms with Crippen molar-refractivity contribution >= 4 is 11.9 Å². The van der Waals surface area contributed by atoms with Gasteiger partial charge in [0.1, 0.15) is 0 Å². The van der Waals surface area contributed by atoms with Crippen LogP contribution >= 0.6 is 0 Å². The number of unbranched alkanes of at least 4 members (excludes halogenated alkanes) is 8. The van der Waals surface area contributed by atoms with Gasteiger partial charge >= 0.3 is 11.9 Å². The average Bonchev–Trinajstić information content (AvgIpc) is 2.67. The summed E-state index contributed by atoms with van der Waals surface area (Å²) in [6, 6.07) is 0. The predicted octanol–water partition coefficient (Wildman–Crippen LogP) is 6.21. The van der Waals surface area contributed by atoms with E-state index in [9.17, 15) is 9.59 Å². The quantitative estimate of drug-likeness (QED) is 0.265. The van der Waals surface area contributed by atoms with Crippen LogP contribution < -0.4 is 0 Å². The number of carbonyl (C=O) groups excluding carboxylic acids is 2. The lowest BCUT2D eigenvalue weighted by molar-refractivity contribution is -0.172. The van der Waals surface area contributed by atoms with Crippen LogP contribution in [0.2, 0.25) is 0 Å². The Morgan fingerprint density at radius 1 is 0.815 bits per heavy atom. The van der Waals surface area contributed by atoms with Crippen LogP contribution in [0.4, 0.5) is 0 Å². The minimum absolute atomic E-state index is 0.201. The molecular weight excluding hydrogens is 340 g/mol. The maximum atomic E-state index is 12.6. The molecule has 0 aromatic carbocycles. The molecule has 0 N–H and O–H groups in total. The summed E-state index contributed by atoms with van der Waals surface area (Å²) in [7, 11) is 0. The molecular formula is C23H42O4. The van der Waals surface area contributed by atoms with E-state index in [1.807, 2.05) is 6.92 Å². The first kappa shape index (κ1) is 24.0. The number of rotatable bonds is 14. The predicted molar refractivity (Wildman–Crippen MR) is 110 cm³/mol. The van der Waals surface area contributed by atoms with Gasteiger partial charge in [0.15, 0.2) is 0 Å². The maximum absolute atomic E-state index is 12.6. The third kappa shape index (κ3) is 8.66. The van der Waals surface area contributed by atoms with E-state index < -0.39 is 5.41 Å². The second kappa shape index (κ2) is 14.0. The van der Waals surface area contributed by atoms with Gasteiger partial charge < -0.3 is 9.47 Å². The van der Waals surface area contributed by atoms with Gasteiger partial charge in [0.2, 0.25) is 0 Å². The van der Waals surface area contributed by atoms with E-state index in [0.29, 0.717) is 13.2 Å². The standard InChI is InChI=1S/C23H42O4/c1-4-6-8-9-10-11-12-15-19-26-21(24)20-16-13-14-17-23(20,3)22(25)27-18-7-5-2/h20H,4-19H2,1-3H3. The van der Waals surface area contributed by atoms with E-state index in [-0.39, 0.29) is 17.9 Å². The van der Waals surface area contributed by atoms with Crippen LogP contribution in [-0.2, 0) is 19.1 Å². The van der Waals surface area contributed by atoms with Crippen LogP contribution in [-0.4, -0.2) is 25.2 Å². The summed E-state index contributed by atoms with van der Waals surface area (Å²) in [6.07, 6.45) is 15.1. The summed E-state index contributed by atoms with van der Waals surface area (Å²) in [4.78, 5) is 25.2. The Kier molecular flexibility index (Phi) is 12.4. The molecule has 158 valence electrons. The molecule has 1 aliphatic carbocycles. The van der Waals surface area contributed by atoms with Crippen molar-refractivity contribution in [1.29, 1.82) is 0 Å². The molecule has 1 aliphatic rings. The molecule has 0 aromatic rings. The highest BCUT2D eigenvalue weighted by Crippen LogP contribution is 2.42. The van der Waals surface area contributed by atoms with Crippen molar-refractivity contribution in [3.05, 3.63) is 0 Å². The first-order chi connectivity index (χ1) is 13.1. The molecule has 0 spiro atoms. The fourth-order valence-corrected chi connectivity index (χ4v) is 3.94. The maximum Gasteiger partial charge on any atom is 0.312 e. The van der Waals surface area contributed by atoms with Crippen LogP contribution in [0.15, 0.2) is 0 Å². The number of ether oxygens (including phenoxy) is 2. The van der Waals surface area contributed by atoms with Crippen molar-refractivity contribution in [2.45, 2.75) is 111 Å². The van der Waals surface area contributed by atoms with E-state index in [2.05, 4.69) is 13.8 Å². The zero-order valence-corrected chi connectivity index (χ0v) is 18.0. The van der Waals surface area contributed by atoms with Crippen molar-refractivity contribution < 1.29 is 19.1 Å². The molecule has 4 nitrogen and oxygen atoms in total. The topological polar surface area (TPSA) is 52.6 Å². The zero-order chi connectivity index (χ0) is 20.0. The van der Waals surface area contributed by atoms with Gasteiger partial charge in [0.25, 0.3) is 0 Å². The molecule has 2 unspecified atom stereocenters. The Labute approximate surface area is 166 Å². The summed E-state index contributed by atoms with van der Waals surface area (Å²) in [5.74, 6) is -0.772. The average molecular weight is 383 g/mol. The van der Waals surface area contributed by atoms with Gasteiger partial charge in [-0.25, -0.2) is 0 Å². The van der Waals surface area contributed by atoms with Gasteiger partial charge in [-0.3, -0.25) is 9.59 Å². The fraction of sp³-hybridized carbons (Fsp3) is 0.913. The van der Waals surface area contributed by atoms with Crippen LogP contribution in [0, 0.1) is 11.3 Å². The van der Waals surface area contributed by atoms with Crippen molar-refractivity contribution in [2.24, 2.45) is 11.3 Å². The minimum atomic E-state index is -0.720. The number of hydrogen-bond acceptors (Lipinski definition) is 4. The largest absolute Gasteiger partial charge is 0.465 e. The van der Waals surface area contributed by atoms with Crippen LogP contribution in [0.3, 0.4) is 0 Å². The van der Waals surface area contributed by atoms with E-state index >= 15 is 0 Å². The van der Waals surface area contributed by atoms with Gasteiger partial charge in [-0.1, -0.05) is 78.1 Å². The summed E-state index contributed by atoms with van der Waals surface area (Å²) in [6.45, 7) is 7.12. The van der Waals surface area contributed by atoms with Gasteiger partial charge in [0, 0.05) is 0 Å². The lowest BCUT2D eigenvalue weighted by Gasteiger charge is -2.37. The Hall–Kier alpha value is -1.06. The minimum Gasteiger partial charge on any atom is -0.465 e. The van der Waals surface area contributed by atoms with Crippen molar-refractivity contribution in [2.75, 3.05) is 13.2 Å². The first-order valence-electron chi connectivity index (χ1n) is 11.4. The Morgan fingerprint density at radius 3 is 2.07 bits per heavy atom. The number of esters is 2. The van der Waals surface area contributed by atoms with E-state index in [4.69, 9.17) is 9.47 Å². The molecule has 0 heterocycles. The third-order valence-corrected chi connectivity index (χ3v) is 5.93. The van der Waals surface area contributed by atoms with E-state index in [0.717, 1.165) is 51.4 Å². The summed E-state index contributed by atoms with van der Waals surface area (Å²) < 4.78 is 11.0. The molecule has 4 heteroatoms. The van der Waals surface area contributed by atoms with Crippen molar-refractivity contribution in [3.63, 3.8) is 0 Å². The summed E-state index contributed by atoms with van der Waals surface area (Å²) >= 11 is 0. The van der Waals surface area contributed by atoms with Gasteiger partial charge in [0.05, 0.1) is 24.5 Å². The summed E-state index contributed by atoms with van der Waals surface area (Å²) in [5.41, 5.74) is -0.720. The highest BCUT2D eigenvalue weighted by Gasteiger charge is 2.48. The van der Waals surface area contributed by atoms with Gasteiger partial charge in [-0.05, 0) is 32.6 Å². The molecule has 0 saturated heterocycles. The molecule has 0 radical (unpaired) electrons. The number of carbonyl (C=O) groups is 2. The van der Waals surface area contributed by atoms with Crippen LogP contribution in [0.5, 0.6) is 0 Å². The monoisotopic (exact) mass is 382 g/mol. The van der Waals surface area contributed by atoms with Crippen LogP contribution in [0.25, 0.3) is 0 Å². The SMILES string of the molecule is CCCCCCCCCCOC(=O)C1CCCCC1(C)C(=O)OCCCC. The molecule has 1 fully saturated rings. The third-order valence-electron chi connectivity index (χ3n) is 5.93. The second-order valence-corrected chi connectivity index (χ2v) is 8.35. The highest BCUT2D eigenvalue weighted by atomic mass is 16.5. The lowest BCUT2D eigenvalue weighted by Crippen LogP contribution is -2.44.